The van der Waals surface area contributed by atoms with E-state index in [1.165, 1.54) is 11.7 Å². The van der Waals surface area contributed by atoms with Crippen molar-refractivity contribution in [2.24, 2.45) is 0 Å². The van der Waals surface area contributed by atoms with Crippen LogP contribution in [-0.2, 0) is 9.84 Å². The molecule has 2 aromatic carbocycles. The first kappa shape index (κ1) is 20.0. The molecule has 0 radical (unpaired) electrons. The topological polar surface area (TPSA) is 87.7 Å². The highest BCUT2D eigenvalue weighted by Gasteiger charge is 2.25. The first-order chi connectivity index (χ1) is 13.2. The Morgan fingerprint density at radius 3 is 2.54 bits per heavy atom. The zero-order chi connectivity index (χ0) is 20.5. The molecule has 28 heavy (non-hydrogen) atoms. The van der Waals surface area contributed by atoms with E-state index < -0.39 is 21.6 Å². The number of fused-ring (bicyclic) bond motifs is 1. The maximum atomic E-state index is 12.6. The molecule has 1 aromatic heterocycles. The van der Waals surface area contributed by atoms with Gasteiger partial charge in [0.2, 0.25) is 0 Å². The van der Waals surface area contributed by atoms with Gasteiger partial charge in [-0.1, -0.05) is 12.1 Å². The Bertz CT molecular complexity index is 1160. The molecule has 0 spiro atoms. The Kier molecular flexibility index (Phi) is 5.51. The highest BCUT2D eigenvalue weighted by Crippen LogP contribution is 2.33. The van der Waals surface area contributed by atoms with Gasteiger partial charge in [-0.05, 0) is 49.2 Å². The van der Waals surface area contributed by atoms with Gasteiger partial charge in [0.25, 0.3) is 0 Å². The van der Waals surface area contributed by atoms with Crippen LogP contribution in [0.3, 0.4) is 0 Å². The first-order valence-electron chi connectivity index (χ1n) is 8.83. The molecule has 150 valence electrons. The molecule has 8 heteroatoms. The molecule has 0 aliphatic carbocycles. The smallest absolute Gasteiger partial charge is 0.420 e. The summed E-state index contributed by atoms with van der Waals surface area (Å²) in [6.45, 7) is 4.16. The largest absolute Gasteiger partial charge is 0.493 e. The lowest BCUT2D eigenvalue weighted by atomic mass is 10.1. The Balaban J connectivity index is 2.23. The van der Waals surface area contributed by atoms with E-state index in [2.05, 4.69) is 0 Å². The van der Waals surface area contributed by atoms with Gasteiger partial charge in [0.05, 0.1) is 31.0 Å². The molecule has 3 aromatic rings. The minimum atomic E-state index is -3.41. The monoisotopic (exact) mass is 405 g/mol. The van der Waals surface area contributed by atoms with E-state index in [9.17, 15) is 13.2 Å². The van der Waals surface area contributed by atoms with Crippen LogP contribution in [0, 0.1) is 6.92 Å². The lowest BCUT2D eigenvalue weighted by Gasteiger charge is -2.19. The summed E-state index contributed by atoms with van der Waals surface area (Å²) in [5, 5.41) is 0. The quantitative estimate of drug-likeness (QED) is 0.601. The highest BCUT2D eigenvalue weighted by molar-refractivity contribution is 7.90. The normalized spacial score (nSPS) is 12.9. The third kappa shape index (κ3) is 4.06. The second-order valence-electron chi connectivity index (χ2n) is 6.66. The van der Waals surface area contributed by atoms with Crippen molar-refractivity contribution in [1.82, 2.24) is 4.57 Å². The SMILES string of the molecule is CCOc1cc(C(CS(C)(=O)=O)n2c(=O)oc3cc(C)ccc32)ccc1OC. The van der Waals surface area contributed by atoms with E-state index in [4.69, 9.17) is 13.9 Å². The number of aryl methyl sites for hydroxylation is 1. The molecule has 1 atom stereocenters. The van der Waals surface area contributed by atoms with Crippen molar-refractivity contribution in [3.8, 4) is 11.5 Å². The molecule has 1 unspecified atom stereocenters. The number of hydrogen-bond donors (Lipinski definition) is 0. The van der Waals surface area contributed by atoms with E-state index in [-0.39, 0.29) is 5.75 Å². The second-order valence-corrected chi connectivity index (χ2v) is 8.85. The van der Waals surface area contributed by atoms with E-state index in [1.54, 1.807) is 30.3 Å². The van der Waals surface area contributed by atoms with Crippen molar-refractivity contribution in [2.75, 3.05) is 25.7 Å². The van der Waals surface area contributed by atoms with Gasteiger partial charge in [-0.15, -0.1) is 0 Å². The van der Waals surface area contributed by atoms with Crippen molar-refractivity contribution in [1.29, 1.82) is 0 Å². The number of oxazole rings is 1. The summed E-state index contributed by atoms with van der Waals surface area (Å²) in [6, 6.07) is 9.74. The Labute approximate surface area is 163 Å². The predicted molar refractivity (Wildman–Crippen MR) is 107 cm³/mol. The lowest BCUT2D eigenvalue weighted by molar-refractivity contribution is 0.310. The summed E-state index contributed by atoms with van der Waals surface area (Å²) in [5.41, 5.74) is 2.51. The molecular weight excluding hydrogens is 382 g/mol. The molecule has 0 bridgehead atoms. The van der Waals surface area contributed by atoms with Crippen LogP contribution < -0.4 is 15.2 Å². The number of aromatic nitrogens is 1. The summed E-state index contributed by atoms with van der Waals surface area (Å²) in [7, 11) is -1.88. The Morgan fingerprint density at radius 1 is 1.14 bits per heavy atom. The van der Waals surface area contributed by atoms with Crippen molar-refractivity contribution in [3.05, 3.63) is 58.1 Å². The minimum absolute atomic E-state index is 0.257. The molecule has 0 aliphatic heterocycles. The zero-order valence-electron chi connectivity index (χ0n) is 16.3. The average Bonchev–Trinajstić information content (AvgIpc) is 2.94. The van der Waals surface area contributed by atoms with Gasteiger partial charge in [-0.25, -0.2) is 13.2 Å². The van der Waals surface area contributed by atoms with Crippen LogP contribution in [-0.4, -0.2) is 38.7 Å². The summed E-state index contributed by atoms with van der Waals surface area (Å²) < 4.78 is 42.0. The zero-order valence-corrected chi connectivity index (χ0v) is 17.1. The first-order valence-corrected chi connectivity index (χ1v) is 10.9. The summed E-state index contributed by atoms with van der Waals surface area (Å²) in [6.07, 6.45) is 1.14. The van der Waals surface area contributed by atoms with Crippen molar-refractivity contribution in [3.63, 3.8) is 0 Å². The molecule has 0 fully saturated rings. The fourth-order valence-electron chi connectivity index (χ4n) is 3.21. The molecule has 0 saturated heterocycles. The number of ether oxygens (including phenoxy) is 2. The van der Waals surface area contributed by atoms with Gasteiger partial charge in [-0.2, -0.15) is 0 Å². The van der Waals surface area contributed by atoms with Crippen molar-refractivity contribution in [2.45, 2.75) is 19.9 Å². The second kappa shape index (κ2) is 7.71. The standard InChI is InChI=1S/C20H23NO6S/c1-5-26-19-11-14(7-9-17(19)25-3)16(12-28(4,23)24)21-15-8-6-13(2)10-18(15)27-20(21)22/h6-11,16H,5,12H2,1-4H3. The van der Waals surface area contributed by atoms with Crippen molar-refractivity contribution < 1.29 is 22.3 Å². The van der Waals surface area contributed by atoms with Crippen LogP contribution in [0.2, 0.25) is 0 Å². The van der Waals surface area contributed by atoms with Gasteiger partial charge in [0.1, 0.15) is 9.84 Å². The fraction of sp³-hybridized carbons (Fsp3) is 0.350. The molecule has 0 aliphatic rings. The molecular formula is C20H23NO6S. The number of nitrogens with zero attached hydrogens (tertiary/aromatic N) is 1. The minimum Gasteiger partial charge on any atom is -0.493 e. The van der Waals surface area contributed by atoms with Gasteiger partial charge >= 0.3 is 5.76 Å². The van der Waals surface area contributed by atoms with Crippen molar-refractivity contribution >= 4 is 20.9 Å². The fourth-order valence-corrected chi connectivity index (χ4v) is 4.13. The van der Waals surface area contributed by atoms with E-state index in [1.807, 2.05) is 19.9 Å². The molecule has 1 heterocycles. The van der Waals surface area contributed by atoms with Gasteiger partial charge in [0.15, 0.2) is 17.1 Å². The molecule has 3 rings (SSSR count). The molecule has 0 amide bonds. The third-order valence-corrected chi connectivity index (χ3v) is 5.33. The van der Waals surface area contributed by atoms with E-state index >= 15 is 0 Å². The van der Waals surface area contributed by atoms with E-state index in [0.717, 1.165) is 11.8 Å². The molecule has 7 nitrogen and oxygen atoms in total. The summed E-state index contributed by atoms with van der Waals surface area (Å²) in [5.74, 6) is 0.150. The molecule has 0 saturated carbocycles. The Morgan fingerprint density at radius 2 is 1.89 bits per heavy atom. The van der Waals surface area contributed by atoms with Crippen LogP contribution in [0.1, 0.15) is 24.1 Å². The number of rotatable bonds is 7. The predicted octanol–water partition coefficient (Wildman–Crippen LogP) is 2.94. The lowest BCUT2D eigenvalue weighted by Crippen LogP contribution is -2.27. The van der Waals surface area contributed by atoms with Crippen LogP contribution in [0.5, 0.6) is 11.5 Å². The average molecular weight is 405 g/mol. The van der Waals surface area contributed by atoms with Crippen LogP contribution >= 0.6 is 0 Å². The maximum absolute atomic E-state index is 12.6. The van der Waals surface area contributed by atoms with Crippen LogP contribution in [0.25, 0.3) is 11.1 Å². The molecule has 0 N–H and O–H groups in total. The number of benzene rings is 2. The van der Waals surface area contributed by atoms with Gasteiger partial charge in [-0.3, -0.25) is 4.57 Å². The van der Waals surface area contributed by atoms with Gasteiger partial charge < -0.3 is 13.9 Å². The maximum Gasteiger partial charge on any atom is 0.420 e. The van der Waals surface area contributed by atoms with Gasteiger partial charge in [0, 0.05) is 6.26 Å². The Hall–Kier alpha value is -2.74. The number of sulfone groups is 1. The van der Waals surface area contributed by atoms with Crippen LogP contribution in [0.15, 0.2) is 45.6 Å². The summed E-state index contributed by atoms with van der Waals surface area (Å²) >= 11 is 0. The van der Waals surface area contributed by atoms with Crippen LogP contribution in [0.4, 0.5) is 0 Å². The third-order valence-electron chi connectivity index (χ3n) is 4.41. The summed E-state index contributed by atoms with van der Waals surface area (Å²) in [4.78, 5) is 12.6. The number of methoxy groups -OCH3 is 1. The van der Waals surface area contributed by atoms with E-state index in [0.29, 0.717) is 34.8 Å². The highest BCUT2D eigenvalue weighted by atomic mass is 32.2. The number of hydrogen-bond acceptors (Lipinski definition) is 6.